The van der Waals surface area contributed by atoms with E-state index in [1.807, 2.05) is 64.1 Å². The topological polar surface area (TPSA) is 84.4 Å². The quantitative estimate of drug-likeness (QED) is 0.625. The molecule has 1 aromatic heterocycles. The molecular formula is C23H26N4O3S. The van der Waals surface area contributed by atoms with Gasteiger partial charge in [0, 0.05) is 22.2 Å². The van der Waals surface area contributed by atoms with Gasteiger partial charge in [0.25, 0.3) is 5.91 Å². The summed E-state index contributed by atoms with van der Waals surface area (Å²) >= 11 is 1.08. The van der Waals surface area contributed by atoms with E-state index in [2.05, 4.69) is 14.9 Å². The van der Waals surface area contributed by atoms with Crippen LogP contribution in [0, 0.1) is 6.92 Å². The number of benzene rings is 2. The molecule has 31 heavy (non-hydrogen) atoms. The second kappa shape index (κ2) is 9.26. The predicted octanol–water partition coefficient (Wildman–Crippen LogP) is 4.16. The Hall–Kier alpha value is -3.26. The predicted molar refractivity (Wildman–Crippen MR) is 122 cm³/mol. The van der Waals surface area contributed by atoms with Crippen LogP contribution in [-0.2, 0) is 4.79 Å². The molecule has 162 valence electrons. The molecule has 0 bridgehead atoms. The lowest BCUT2D eigenvalue weighted by Gasteiger charge is -2.34. The zero-order chi connectivity index (χ0) is 22.6. The first kappa shape index (κ1) is 22.4. The maximum Gasteiger partial charge on any atom is 0.280 e. The molecule has 2 amide bonds. The van der Waals surface area contributed by atoms with E-state index >= 15 is 0 Å². The molecule has 0 unspecified atom stereocenters. The molecule has 1 N–H and O–H groups in total. The van der Waals surface area contributed by atoms with Gasteiger partial charge in [0.05, 0.1) is 7.11 Å². The van der Waals surface area contributed by atoms with Crippen molar-refractivity contribution in [2.75, 3.05) is 12.0 Å². The zero-order valence-corrected chi connectivity index (χ0v) is 19.1. The van der Waals surface area contributed by atoms with E-state index in [9.17, 15) is 9.59 Å². The molecule has 0 radical (unpaired) electrons. The van der Waals surface area contributed by atoms with Crippen LogP contribution in [0.1, 0.15) is 48.4 Å². The molecule has 0 fully saturated rings. The van der Waals surface area contributed by atoms with Gasteiger partial charge in [-0.15, -0.1) is 5.10 Å². The van der Waals surface area contributed by atoms with Gasteiger partial charge < -0.3 is 10.1 Å². The second-order valence-corrected chi connectivity index (χ2v) is 8.79. The maximum atomic E-state index is 13.6. The molecule has 0 aliphatic rings. The molecule has 7 nitrogen and oxygen atoms in total. The molecule has 8 heteroatoms. The highest BCUT2D eigenvalue weighted by Gasteiger charge is 2.37. The number of carbonyl (C=O) groups excluding carboxylic acids is 2. The Morgan fingerprint density at radius 3 is 2.35 bits per heavy atom. The van der Waals surface area contributed by atoms with Crippen molar-refractivity contribution >= 4 is 29.0 Å². The molecule has 0 aliphatic heterocycles. The van der Waals surface area contributed by atoms with Gasteiger partial charge in [0.1, 0.15) is 11.8 Å². The molecule has 0 saturated heterocycles. The molecule has 0 aliphatic carbocycles. The minimum atomic E-state index is -0.979. The first-order valence-corrected chi connectivity index (χ1v) is 10.7. The van der Waals surface area contributed by atoms with E-state index in [4.69, 9.17) is 4.74 Å². The van der Waals surface area contributed by atoms with Crippen molar-refractivity contribution in [3.05, 3.63) is 70.7 Å². The Morgan fingerprint density at radius 1 is 1.10 bits per heavy atom. The third kappa shape index (κ3) is 5.27. The van der Waals surface area contributed by atoms with Crippen molar-refractivity contribution < 1.29 is 14.3 Å². The van der Waals surface area contributed by atoms with E-state index < -0.39 is 17.5 Å². The Kier molecular flexibility index (Phi) is 6.70. The first-order chi connectivity index (χ1) is 14.7. The normalized spacial score (nSPS) is 12.2. The van der Waals surface area contributed by atoms with Crippen molar-refractivity contribution in [1.29, 1.82) is 0 Å². The minimum absolute atomic E-state index is 0.175. The number of ether oxygens (including phenoxy) is 1. The van der Waals surface area contributed by atoms with Crippen LogP contribution in [0.3, 0.4) is 0 Å². The summed E-state index contributed by atoms with van der Waals surface area (Å²) < 4.78 is 9.36. The lowest BCUT2D eigenvalue weighted by molar-refractivity contribution is -0.123. The lowest BCUT2D eigenvalue weighted by Crippen LogP contribution is -2.49. The van der Waals surface area contributed by atoms with Gasteiger partial charge in [0.15, 0.2) is 5.69 Å². The number of hydrogen-bond acceptors (Lipinski definition) is 6. The Bertz CT molecular complexity index is 1040. The summed E-state index contributed by atoms with van der Waals surface area (Å²) in [6.07, 6.45) is 0. The van der Waals surface area contributed by atoms with Crippen molar-refractivity contribution in [2.24, 2.45) is 0 Å². The maximum absolute atomic E-state index is 13.6. The Labute approximate surface area is 186 Å². The van der Waals surface area contributed by atoms with Crippen LogP contribution >= 0.6 is 11.5 Å². The second-order valence-electron chi connectivity index (χ2n) is 8.18. The van der Waals surface area contributed by atoms with Crippen molar-refractivity contribution in [3.63, 3.8) is 0 Å². The van der Waals surface area contributed by atoms with Crippen LogP contribution in [0.2, 0.25) is 0 Å². The van der Waals surface area contributed by atoms with Crippen molar-refractivity contribution in [1.82, 2.24) is 14.9 Å². The monoisotopic (exact) mass is 438 g/mol. The Morgan fingerprint density at radius 2 is 1.77 bits per heavy atom. The van der Waals surface area contributed by atoms with Crippen LogP contribution in [-0.4, -0.2) is 34.1 Å². The van der Waals surface area contributed by atoms with Crippen molar-refractivity contribution in [2.45, 2.75) is 39.3 Å². The largest absolute Gasteiger partial charge is 0.496 e. The van der Waals surface area contributed by atoms with Gasteiger partial charge in [-0.25, -0.2) is 0 Å². The summed E-state index contributed by atoms with van der Waals surface area (Å²) in [7, 11) is 1.54. The van der Waals surface area contributed by atoms with Gasteiger partial charge in [0.2, 0.25) is 5.91 Å². The number of hydrogen-bond donors (Lipinski definition) is 1. The van der Waals surface area contributed by atoms with Crippen LogP contribution in [0.15, 0.2) is 53.9 Å². The van der Waals surface area contributed by atoms with E-state index in [1.54, 1.807) is 24.6 Å². The number of nitrogens with zero attached hydrogens (tertiary/aromatic N) is 3. The third-order valence-corrected chi connectivity index (χ3v) is 5.05. The molecule has 1 atom stereocenters. The summed E-state index contributed by atoms with van der Waals surface area (Å²) in [5.74, 6) is -0.232. The minimum Gasteiger partial charge on any atom is -0.496 e. The number of nitrogens with one attached hydrogen (secondary N) is 1. The molecule has 2 aromatic carbocycles. The molecule has 3 aromatic rings. The van der Waals surface area contributed by atoms with Gasteiger partial charge in [-0.3, -0.25) is 14.5 Å². The fourth-order valence-corrected chi connectivity index (χ4v) is 3.63. The Balaban J connectivity index is 2.22. The van der Waals surface area contributed by atoms with E-state index in [-0.39, 0.29) is 11.6 Å². The number of amides is 2. The van der Waals surface area contributed by atoms with Crippen LogP contribution in [0.25, 0.3) is 0 Å². The van der Waals surface area contributed by atoms with Crippen LogP contribution in [0.4, 0.5) is 5.69 Å². The summed E-state index contributed by atoms with van der Waals surface area (Å²) in [6, 6.07) is 13.7. The van der Waals surface area contributed by atoms with Crippen LogP contribution in [0.5, 0.6) is 5.75 Å². The fourth-order valence-electron chi connectivity index (χ4n) is 3.20. The summed E-state index contributed by atoms with van der Waals surface area (Å²) in [4.78, 5) is 28.6. The summed E-state index contributed by atoms with van der Waals surface area (Å²) in [5.41, 5.74) is 1.86. The smallest absolute Gasteiger partial charge is 0.280 e. The number of carbonyl (C=O) groups is 2. The molecule has 1 heterocycles. The summed E-state index contributed by atoms with van der Waals surface area (Å²) in [5, 5.41) is 8.53. The van der Waals surface area contributed by atoms with E-state index in [0.29, 0.717) is 17.0 Å². The van der Waals surface area contributed by atoms with Gasteiger partial charge in [-0.1, -0.05) is 40.4 Å². The van der Waals surface area contributed by atoms with Gasteiger partial charge in [-0.05, 0) is 57.4 Å². The highest BCUT2D eigenvalue weighted by atomic mass is 32.1. The lowest BCUT2D eigenvalue weighted by atomic mass is 9.99. The molecule has 0 spiro atoms. The highest BCUT2D eigenvalue weighted by molar-refractivity contribution is 7.03. The van der Waals surface area contributed by atoms with E-state index in [0.717, 1.165) is 17.1 Å². The average Bonchev–Trinajstić information content (AvgIpc) is 3.26. The number of anilines is 1. The third-order valence-electron chi connectivity index (χ3n) is 4.55. The standard InChI is InChI=1S/C23H26N4O3S/c1-15-10-12-16(13-11-15)27(22(29)18-14-31-26-25-18)20(21(28)24-23(2,3)4)17-8-6-7-9-19(17)30-5/h6-14,20H,1-5H3,(H,24,28)/t20-/m0/s1. The van der Waals surface area contributed by atoms with Crippen LogP contribution < -0.4 is 15.0 Å². The number of para-hydroxylation sites is 1. The molecule has 3 rings (SSSR count). The summed E-state index contributed by atoms with van der Waals surface area (Å²) in [6.45, 7) is 7.65. The van der Waals surface area contributed by atoms with Gasteiger partial charge in [-0.2, -0.15) is 0 Å². The average molecular weight is 439 g/mol. The number of aromatic nitrogens is 2. The number of methoxy groups -OCH3 is 1. The highest BCUT2D eigenvalue weighted by Crippen LogP contribution is 2.35. The van der Waals surface area contributed by atoms with Gasteiger partial charge >= 0.3 is 0 Å². The van der Waals surface area contributed by atoms with E-state index in [1.165, 1.54) is 4.90 Å². The number of aryl methyl sites for hydroxylation is 1. The SMILES string of the molecule is COc1ccccc1[C@@H](C(=O)NC(C)(C)C)N(C(=O)c1csnn1)c1ccc(C)cc1. The molecule has 0 saturated carbocycles. The van der Waals surface area contributed by atoms with Crippen molar-refractivity contribution in [3.8, 4) is 5.75 Å². The molecular weight excluding hydrogens is 412 g/mol. The first-order valence-electron chi connectivity index (χ1n) is 9.83. The number of rotatable bonds is 6. The zero-order valence-electron chi connectivity index (χ0n) is 18.2. The fraction of sp³-hybridized carbons (Fsp3) is 0.304.